The van der Waals surface area contributed by atoms with Crippen LogP contribution in [0.4, 0.5) is 10.5 Å². The quantitative estimate of drug-likeness (QED) is 0.155. The molecule has 4 rings (SSSR count). The number of amides is 1. The first kappa shape index (κ1) is 32.8. The van der Waals surface area contributed by atoms with Gasteiger partial charge in [-0.3, -0.25) is 4.90 Å². The van der Waals surface area contributed by atoms with Crippen LogP contribution in [0.1, 0.15) is 45.6 Å². The summed E-state index contributed by atoms with van der Waals surface area (Å²) in [5.74, 6) is 0.715. The first-order chi connectivity index (χ1) is 20.9. The van der Waals surface area contributed by atoms with Gasteiger partial charge in [-0.05, 0) is 55.7 Å². The van der Waals surface area contributed by atoms with Crippen LogP contribution in [-0.4, -0.2) is 62.5 Å². The van der Waals surface area contributed by atoms with Gasteiger partial charge in [0.15, 0.2) is 11.5 Å². The van der Waals surface area contributed by atoms with E-state index in [9.17, 15) is 23.4 Å². The number of aliphatic hydroxyl groups excluding tert-OH is 1. The summed E-state index contributed by atoms with van der Waals surface area (Å²) in [4.78, 5) is 18.5. The number of benzene rings is 2. The second-order valence-corrected chi connectivity index (χ2v) is 13.2. The molecule has 0 aliphatic carbocycles. The van der Waals surface area contributed by atoms with Gasteiger partial charge in [0.1, 0.15) is 13.4 Å². The minimum absolute atomic E-state index is 0.0201. The second kappa shape index (κ2) is 14.1. The Morgan fingerprint density at radius 2 is 1.86 bits per heavy atom. The molecule has 0 radical (unpaired) electrons. The summed E-state index contributed by atoms with van der Waals surface area (Å²) in [6.45, 7) is 5.73. The number of rotatable bonds is 15. The number of carbonyl (C=O) groups is 1. The van der Waals surface area contributed by atoms with Crippen molar-refractivity contribution >= 4 is 27.5 Å². The molecule has 1 aromatic heterocycles. The van der Waals surface area contributed by atoms with Crippen molar-refractivity contribution < 1.29 is 42.2 Å². The number of oxime groups is 1. The van der Waals surface area contributed by atoms with E-state index in [0.717, 1.165) is 16.2 Å². The minimum Gasteiger partial charge on any atom is -0.470 e. The van der Waals surface area contributed by atoms with Crippen LogP contribution in [0, 0.1) is 5.41 Å². The van der Waals surface area contributed by atoms with Gasteiger partial charge in [-0.2, -0.15) is 0 Å². The normalized spacial score (nSPS) is 15.4. The molecule has 12 nitrogen and oxygen atoms in total. The average molecular weight is 630 g/mol. The molecule has 2 aromatic carbocycles. The Kier molecular flexibility index (Phi) is 10.6. The third kappa shape index (κ3) is 8.30. The van der Waals surface area contributed by atoms with Gasteiger partial charge in [0.25, 0.3) is 0 Å². The fourth-order valence-electron chi connectivity index (χ4n) is 5.29. The van der Waals surface area contributed by atoms with E-state index < -0.39 is 39.7 Å². The summed E-state index contributed by atoms with van der Waals surface area (Å²) in [5.41, 5.74) is 1.21. The third-order valence-electron chi connectivity index (χ3n) is 7.56. The highest BCUT2D eigenvalue weighted by Crippen LogP contribution is 2.36. The zero-order valence-electron chi connectivity index (χ0n) is 25.2. The molecule has 1 unspecified atom stereocenters. The number of aliphatic hydroxyl groups is 1. The maximum Gasteiger partial charge on any atom is 0.412 e. The molecular weight excluding hydrogens is 590 g/mol. The van der Waals surface area contributed by atoms with Crippen molar-refractivity contribution in [2.75, 3.05) is 18.8 Å². The summed E-state index contributed by atoms with van der Waals surface area (Å²) in [5, 5.41) is 26.4. The van der Waals surface area contributed by atoms with Gasteiger partial charge in [-0.15, -0.1) is 0 Å². The largest absolute Gasteiger partial charge is 0.470 e. The molecule has 1 aliphatic rings. The molecule has 1 aliphatic heterocycles. The molecule has 3 atom stereocenters. The molecule has 0 spiro atoms. The van der Waals surface area contributed by atoms with E-state index in [1.807, 2.05) is 51.1 Å². The highest BCUT2D eigenvalue weighted by Gasteiger charge is 2.40. The summed E-state index contributed by atoms with van der Waals surface area (Å²) in [7, 11) is -2.75. The van der Waals surface area contributed by atoms with E-state index in [-0.39, 0.29) is 36.0 Å². The number of sulfonamides is 1. The predicted molar refractivity (Wildman–Crippen MR) is 164 cm³/mol. The Bertz CT molecular complexity index is 1530. The van der Waals surface area contributed by atoms with Crippen LogP contribution in [-0.2, 0) is 21.3 Å². The van der Waals surface area contributed by atoms with Crippen molar-refractivity contribution in [3.8, 4) is 11.5 Å². The van der Waals surface area contributed by atoms with Gasteiger partial charge < -0.3 is 28.9 Å². The van der Waals surface area contributed by atoms with Crippen LogP contribution in [0.5, 0.6) is 11.5 Å². The first-order valence-corrected chi connectivity index (χ1v) is 15.6. The van der Waals surface area contributed by atoms with Crippen molar-refractivity contribution in [1.82, 2.24) is 4.72 Å². The summed E-state index contributed by atoms with van der Waals surface area (Å²) < 4.78 is 46.2. The monoisotopic (exact) mass is 629 g/mol. The lowest BCUT2D eigenvalue weighted by Gasteiger charge is -2.39. The molecule has 0 saturated carbocycles. The van der Waals surface area contributed by atoms with Gasteiger partial charge in [0.05, 0.1) is 40.7 Å². The SMILES string of the molecule is CON=C(C)CCC(C)(C)CC(NS(=O)(=O)c1ccc2c(c1)OCO2)[C@H](O)[C@H](Cc1ccccc1)N(C(=O)O)c1ccoc1. The van der Waals surface area contributed by atoms with Crippen LogP contribution in [0.3, 0.4) is 0 Å². The zero-order chi connectivity index (χ0) is 31.9. The number of carboxylic acid groups (broad SMARTS) is 1. The third-order valence-corrected chi connectivity index (χ3v) is 9.05. The van der Waals surface area contributed by atoms with Crippen LogP contribution in [0.2, 0.25) is 0 Å². The van der Waals surface area contributed by atoms with Crippen LogP contribution < -0.4 is 19.1 Å². The minimum atomic E-state index is -4.22. The summed E-state index contributed by atoms with van der Waals surface area (Å²) in [6, 6.07) is 12.6. The summed E-state index contributed by atoms with van der Waals surface area (Å²) in [6.07, 6.45) is 1.23. The number of anilines is 1. The van der Waals surface area contributed by atoms with Crippen LogP contribution >= 0.6 is 0 Å². The molecule has 0 bridgehead atoms. The molecule has 13 heteroatoms. The Labute approximate surface area is 257 Å². The molecule has 3 N–H and O–H groups in total. The smallest absolute Gasteiger partial charge is 0.412 e. The Morgan fingerprint density at radius 1 is 1.14 bits per heavy atom. The Balaban J connectivity index is 1.73. The van der Waals surface area contributed by atoms with Gasteiger partial charge in [-0.25, -0.2) is 17.9 Å². The van der Waals surface area contributed by atoms with Crippen molar-refractivity contribution in [3.63, 3.8) is 0 Å². The number of fused-ring (bicyclic) bond motifs is 1. The van der Waals surface area contributed by atoms with E-state index in [4.69, 9.17) is 18.7 Å². The van der Waals surface area contributed by atoms with Gasteiger partial charge in [0.2, 0.25) is 16.8 Å². The highest BCUT2D eigenvalue weighted by atomic mass is 32.2. The van der Waals surface area contributed by atoms with E-state index >= 15 is 0 Å². The molecule has 238 valence electrons. The molecule has 1 amide bonds. The molecular formula is C31H39N3O9S. The predicted octanol–water partition coefficient (Wildman–Crippen LogP) is 5.03. The summed E-state index contributed by atoms with van der Waals surface area (Å²) >= 11 is 0. The highest BCUT2D eigenvalue weighted by molar-refractivity contribution is 7.89. The number of furan rings is 1. The molecule has 0 fully saturated rings. The maximum atomic E-state index is 13.8. The maximum absolute atomic E-state index is 13.8. The van der Waals surface area contributed by atoms with E-state index in [1.165, 1.54) is 43.9 Å². The topological polar surface area (TPSA) is 160 Å². The van der Waals surface area contributed by atoms with E-state index in [0.29, 0.717) is 18.6 Å². The Morgan fingerprint density at radius 3 is 2.52 bits per heavy atom. The lowest BCUT2D eigenvalue weighted by atomic mass is 9.78. The van der Waals surface area contributed by atoms with Crippen molar-refractivity contribution in [2.24, 2.45) is 10.6 Å². The van der Waals surface area contributed by atoms with Crippen LogP contribution in [0.15, 0.2) is 81.6 Å². The zero-order valence-corrected chi connectivity index (χ0v) is 26.0. The molecule has 3 aromatic rings. The van der Waals surface area contributed by atoms with Crippen molar-refractivity contribution in [1.29, 1.82) is 0 Å². The number of nitrogens with zero attached hydrogens (tertiary/aromatic N) is 2. The number of hydrogen-bond acceptors (Lipinski definition) is 9. The van der Waals surface area contributed by atoms with Crippen molar-refractivity contribution in [3.05, 3.63) is 72.7 Å². The van der Waals surface area contributed by atoms with E-state index in [1.54, 1.807) is 0 Å². The van der Waals surface area contributed by atoms with Gasteiger partial charge in [0, 0.05) is 12.1 Å². The molecule has 0 saturated heterocycles. The lowest BCUT2D eigenvalue weighted by Crippen LogP contribution is -2.57. The number of ether oxygens (including phenoxy) is 2. The standard InChI is InChI=1S/C31H39N3O9S/c1-21(32-40-4)12-14-31(2,3)18-25(33-44(38,39)24-10-11-27-28(17-24)43-20-42-27)29(35)26(16-22-8-6-5-7-9-22)34(30(36)37)23-13-15-41-19-23/h5-11,13,15,17,19,25-26,29,33,35H,12,14,16,18,20H2,1-4H3,(H,36,37)/t25?,26-,29-/m0/s1. The average Bonchev–Trinajstić information content (AvgIpc) is 3.68. The molecule has 2 heterocycles. The Hall–Kier alpha value is -4.07. The number of nitrogens with one attached hydrogen (secondary N) is 1. The van der Waals surface area contributed by atoms with Crippen LogP contribution in [0.25, 0.3) is 0 Å². The second-order valence-electron chi connectivity index (χ2n) is 11.5. The number of hydrogen-bond donors (Lipinski definition) is 3. The van der Waals surface area contributed by atoms with Crippen molar-refractivity contribution in [2.45, 2.75) is 69.5 Å². The lowest BCUT2D eigenvalue weighted by molar-refractivity contribution is 0.0817. The van der Waals surface area contributed by atoms with Gasteiger partial charge in [-0.1, -0.05) is 49.3 Å². The fourth-order valence-corrected chi connectivity index (χ4v) is 6.56. The first-order valence-electron chi connectivity index (χ1n) is 14.1. The fraction of sp³-hybridized carbons (Fsp3) is 0.419. The van der Waals surface area contributed by atoms with E-state index in [2.05, 4.69) is 9.88 Å². The van der Waals surface area contributed by atoms with Gasteiger partial charge >= 0.3 is 6.09 Å². The molecule has 44 heavy (non-hydrogen) atoms.